The Morgan fingerprint density at radius 2 is 1.09 bits per heavy atom. The third kappa shape index (κ3) is 4.54. The molecule has 2 aromatic carbocycles. The lowest BCUT2D eigenvalue weighted by Gasteiger charge is -2.02. The fourth-order valence-corrected chi connectivity index (χ4v) is 2.06. The zero-order valence-corrected chi connectivity index (χ0v) is 12.7. The number of ketones is 4. The highest BCUT2D eigenvalue weighted by Crippen LogP contribution is 2.09. The predicted octanol–water partition coefficient (Wildman–Crippen LogP) is 2.98. The van der Waals surface area contributed by atoms with Gasteiger partial charge in [0.05, 0.1) is 12.8 Å². The van der Waals surface area contributed by atoms with E-state index < -0.39 is 36.0 Å². The van der Waals surface area contributed by atoms with Gasteiger partial charge in [-0.2, -0.15) is 0 Å². The van der Waals surface area contributed by atoms with E-state index in [1.807, 2.05) is 6.92 Å². The molecule has 4 nitrogen and oxygen atoms in total. The van der Waals surface area contributed by atoms with Crippen LogP contribution in [0.4, 0.5) is 0 Å². The molecule has 0 heterocycles. The van der Waals surface area contributed by atoms with Gasteiger partial charge in [0.25, 0.3) is 0 Å². The van der Waals surface area contributed by atoms with Gasteiger partial charge in [-0.25, -0.2) is 0 Å². The minimum Gasteiger partial charge on any atom is -0.294 e. The fraction of sp³-hybridized carbons (Fsp3) is 0.158. The van der Waals surface area contributed by atoms with Gasteiger partial charge in [0.2, 0.25) is 11.6 Å². The van der Waals surface area contributed by atoms with Crippen LogP contribution in [0.2, 0.25) is 0 Å². The molecule has 0 saturated heterocycles. The molecular formula is C19H16O4. The van der Waals surface area contributed by atoms with Crippen molar-refractivity contribution in [3.8, 4) is 0 Å². The molecule has 4 heteroatoms. The molecule has 0 aliphatic heterocycles. The number of Topliss-reactive ketones (excluding diaryl/α,β-unsaturated/α-hetero) is 4. The molecule has 0 bridgehead atoms. The molecule has 0 saturated carbocycles. The molecule has 116 valence electrons. The summed E-state index contributed by atoms with van der Waals surface area (Å²) in [6, 6.07) is 15.0. The Hall–Kier alpha value is -2.88. The average Bonchev–Trinajstić information content (AvgIpc) is 2.56. The van der Waals surface area contributed by atoms with E-state index in [0.717, 1.165) is 5.56 Å². The van der Waals surface area contributed by atoms with Crippen molar-refractivity contribution in [2.24, 2.45) is 0 Å². The number of aryl methyl sites for hydroxylation is 1. The van der Waals surface area contributed by atoms with Gasteiger partial charge in [-0.3, -0.25) is 19.2 Å². The molecule has 0 unspecified atom stereocenters. The van der Waals surface area contributed by atoms with Crippen molar-refractivity contribution in [2.75, 3.05) is 0 Å². The van der Waals surface area contributed by atoms with Crippen LogP contribution in [0.15, 0.2) is 54.6 Å². The van der Waals surface area contributed by atoms with Crippen molar-refractivity contribution < 1.29 is 19.2 Å². The molecule has 2 rings (SSSR count). The number of hydrogen-bond acceptors (Lipinski definition) is 4. The van der Waals surface area contributed by atoms with Crippen molar-refractivity contribution >= 4 is 23.1 Å². The van der Waals surface area contributed by atoms with Crippen molar-refractivity contribution in [3.05, 3.63) is 71.3 Å². The number of carbonyl (C=O) groups is 4. The zero-order valence-electron chi connectivity index (χ0n) is 12.7. The van der Waals surface area contributed by atoms with Gasteiger partial charge in [0.1, 0.15) is 0 Å². The maximum atomic E-state index is 12.0. The van der Waals surface area contributed by atoms with E-state index in [4.69, 9.17) is 0 Å². The number of carbonyl (C=O) groups excluding carboxylic acids is 4. The minimum atomic E-state index is -0.834. The van der Waals surface area contributed by atoms with Crippen molar-refractivity contribution in [1.82, 2.24) is 0 Å². The molecule has 0 atom stereocenters. The van der Waals surface area contributed by atoms with Gasteiger partial charge in [0.15, 0.2) is 11.6 Å². The van der Waals surface area contributed by atoms with Crippen LogP contribution in [-0.4, -0.2) is 23.1 Å². The Balaban J connectivity index is 1.95. The highest BCUT2D eigenvalue weighted by Gasteiger charge is 2.21. The van der Waals surface area contributed by atoms with Gasteiger partial charge in [-0.15, -0.1) is 0 Å². The fourth-order valence-electron chi connectivity index (χ4n) is 2.06. The molecule has 23 heavy (non-hydrogen) atoms. The van der Waals surface area contributed by atoms with Crippen LogP contribution in [0.5, 0.6) is 0 Å². The molecule has 0 spiro atoms. The van der Waals surface area contributed by atoms with E-state index in [2.05, 4.69) is 0 Å². The Labute approximate surface area is 134 Å². The lowest BCUT2D eigenvalue weighted by Crippen LogP contribution is -2.21. The quantitative estimate of drug-likeness (QED) is 0.448. The first-order valence-electron chi connectivity index (χ1n) is 7.21. The highest BCUT2D eigenvalue weighted by atomic mass is 16.2. The van der Waals surface area contributed by atoms with Gasteiger partial charge >= 0.3 is 0 Å². The second-order valence-electron chi connectivity index (χ2n) is 5.28. The summed E-state index contributed by atoms with van der Waals surface area (Å²) < 4.78 is 0. The van der Waals surface area contributed by atoms with E-state index in [9.17, 15) is 19.2 Å². The standard InChI is InChI=1S/C19H16O4/c1-13-7-9-15(10-8-13)17(21)12-19(23)18(22)11-16(20)14-5-3-2-4-6-14/h2-10H,11-12H2,1H3. The summed E-state index contributed by atoms with van der Waals surface area (Å²) in [4.78, 5) is 47.5. The Morgan fingerprint density at radius 1 is 0.652 bits per heavy atom. The smallest absolute Gasteiger partial charge is 0.206 e. The summed E-state index contributed by atoms with van der Waals surface area (Å²) in [6.07, 6.45) is -1.02. The maximum absolute atomic E-state index is 12.0. The molecule has 0 N–H and O–H groups in total. The monoisotopic (exact) mass is 308 g/mol. The summed E-state index contributed by atoms with van der Waals surface area (Å²) in [6.45, 7) is 1.89. The van der Waals surface area contributed by atoms with Crippen LogP contribution < -0.4 is 0 Å². The van der Waals surface area contributed by atoms with E-state index in [0.29, 0.717) is 11.1 Å². The van der Waals surface area contributed by atoms with Gasteiger partial charge in [0, 0.05) is 11.1 Å². The molecule has 0 aliphatic rings. The molecule has 0 radical (unpaired) electrons. The average molecular weight is 308 g/mol. The van der Waals surface area contributed by atoms with Crippen molar-refractivity contribution in [2.45, 2.75) is 19.8 Å². The van der Waals surface area contributed by atoms with E-state index >= 15 is 0 Å². The van der Waals surface area contributed by atoms with Crippen LogP contribution >= 0.6 is 0 Å². The molecular weight excluding hydrogens is 292 g/mol. The van der Waals surface area contributed by atoms with Gasteiger partial charge in [-0.1, -0.05) is 60.2 Å². The van der Waals surface area contributed by atoms with E-state index in [1.165, 1.54) is 0 Å². The van der Waals surface area contributed by atoms with Crippen LogP contribution in [-0.2, 0) is 9.59 Å². The first-order chi connectivity index (χ1) is 11.0. The maximum Gasteiger partial charge on any atom is 0.206 e. The van der Waals surface area contributed by atoms with Crippen molar-refractivity contribution in [1.29, 1.82) is 0 Å². The van der Waals surface area contributed by atoms with Crippen LogP contribution in [0.1, 0.15) is 39.1 Å². The number of benzene rings is 2. The number of rotatable bonds is 7. The Bertz CT molecular complexity index is 743. The molecule has 0 amide bonds. The summed E-state index contributed by atoms with van der Waals surface area (Å²) in [5, 5.41) is 0. The Kier molecular flexibility index (Phi) is 5.31. The molecule has 0 aliphatic carbocycles. The summed E-state index contributed by atoms with van der Waals surface area (Å²) in [5.41, 5.74) is 1.75. The van der Waals surface area contributed by atoms with Gasteiger partial charge in [-0.05, 0) is 6.92 Å². The summed E-state index contributed by atoms with van der Waals surface area (Å²) in [5.74, 6) is -2.51. The second-order valence-corrected chi connectivity index (χ2v) is 5.28. The second kappa shape index (κ2) is 7.40. The third-order valence-corrected chi connectivity index (χ3v) is 3.42. The predicted molar refractivity (Wildman–Crippen MR) is 85.5 cm³/mol. The van der Waals surface area contributed by atoms with Crippen molar-refractivity contribution in [3.63, 3.8) is 0 Å². The SMILES string of the molecule is Cc1ccc(C(=O)CC(=O)C(=O)CC(=O)c2ccccc2)cc1. The van der Waals surface area contributed by atoms with Gasteiger partial charge < -0.3 is 0 Å². The van der Waals surface area contributed by atoms with Crippen LogP contribution in [0.3, 0.4) is 0 Å². The van der Waals surface area contributed by atoms with E-state index in [1.54, 1.807) is 54.6 Å². The topological polar surface area (TPSA) is 68.3 Å². The normalized spacial score (nSPS) is 10.1. The third-order valence-electron chi connectivity index (χ3n) is 3.42. The summed E-state index contributed by atoms with van der Waals surface area (Å²) >= 11 is 0. The lowest BCUT2D eigenvalue weighted by molar-refractivity contribution is -0.135. The van der Waals surface area contributed by atoms with Crippen LogP contribution in [0.25, 0.3) is 0 Å². The van der Waals surface area contributed by atoms with Crippen LogP contribution in [0, 0.1) is 6.92 Å². The minimum absolute atomic E-state index is 0.374. The first-order valence-corrected chi connectivity index (χ1v) is 7.21. The molecule has 0 aromatic heterocycles. The number of hydrogen-bond donors (Lipinski definition) is 0. The summed E-state index contributed by atoms with van der Waals surface area (Å²) in [7, 11) is 0. The zero-order chi connectivity index (χ0) is 16.8. The lowest BCUT2D eigenvalue weighted by atomic mass is 9.99. The largest absolute Gasteiger partial charge is 0.294 e. The van der Waals surface area contributed by atoms with E-state index in [-0.39, 0.29) is 0 Å². The highest BCUT2D eigenvalue weighted by molar-refractivity contribution is 6.44. The molecule has 2 aromatic rings. The first kappa shape index (κ1) is 16.5. The Morgan fingerprint density at radius 3 is 1.57 bits per heavy atom. The molecule has 0 fully saturated rings.